The van der Waals surface area contributed by atoms with Gasteiger partial charge >= 0.3 is 0 Å². The second kappa shape index (κ2) is 4.67. The largest absolute Gasteiger partial charge is 0.393 e. The maximum absolute atomic E-state index is 11.8. The summed E-state index contributed by atoms with van der Waals surface area (Å²) in [6.45, 7) is 1.88. The lowest BCUT2D eigenvalue weighted by atomic mass is 9.89. The average molecular weight is 332 g/mol. The molecule has 0 spiro atoms. The number of aryl methyl sites for hydroxylation is 1. The highest BCUT2D eigenvalue weighted by atomic mass is 127. The Labute approximate surface area is 108 Å². The van der Waals surface area contributed by atoms with E-state index in [1.54, 1.807) is 6.07 Å². The molecule has 1 aliphatic carbocycles. The van der Waals surface area contributed by atoms with Crippen LogP contribution in [0.3, 0.4) is 0 Å². The fourth-order valence-electron chi connectivity index (χ4n) is 1.64. The zero-order valence-electron chi connectivity index (χ0n) is 8.90. The fraction of sp³-hybridized carbons (Fsp3) is 0.455. The first-order valence-corrected chi connectivity index (χ1v) is 6.26. The number of nitrogens with zero attached hydrogens (tertiary/aromatic N) is 1. The number of aromatic nitrogens is 1. The number of aliphatic hydroxyl groups is 1. The summed E-state index contributed by atoms with van der Waals surface area (Å²) in [6, 6.07) is 3.70. The van der Waals surface area contributed by atoms with E-state index in [4.69, 9.17) is 5.11 Å². The standard InChI is InChI=1S/C11H13IN2O2/c1-6-9(12)2-3-10(13-6)11(16)14-7-4-8(15)5-7/h2-3,7-8,15H,4-5H2,1H3,(H,14,16). The Kier molecular flexibility index (Phi) is 3.44. The van der Waals surface area contributed by atoms with E-state index in [1.807, 2.05) is 13.0 Å². The molecule has 1 heterocycles. The van der Waals surface area contributed by atoms with Crippen LogP contribution in [0.25, 0.3) is 0 Å². The van der Waals surface area contributed by atoms with Crippen molar-refractivity contribution >= 4 is 28.5 Å². The Hall–Kier alpha value is -0.690. The van der Waals surface area contributed by atoms with Gasteiger partial charge in [-0.3, -0.25) is 4.79 Å². The first kappa shape index (κ1) is 11.8. The van der Waals surface area contributed by atoms with Crippen LogP contribution in [0, 0.1) is 10.5 Å². The highest BCUT2D eigenvalue weighted by molar-refractivity contribution is 14.1. The minimum atomic E-state index is -0.253. The highest BCUT2D eigenvalue weighted by Crippen LogP contribution is 2.19. The Morgan fingerprint density at radius 3 is 2.81 bits per heavy atom. The number of carbonyl (C=O) groups is 1. The van der Waals surface area contributed by atoms with Crippen molar-refractivity contribution < 1.29 is 9.90 Å². The summed E-state index contributed by atoms with van der Waals surface area (Å²) in [7, 11) is 0. The fourth-order valence-corrected chi connectivity index (χ4v) is 1.94. The SMILES string of the molecule is Cc1nc(C(=O)NC2CC(O)C2)ccc1I. The summed E-state index contributed by atoms with van der Waals surface area (Å²) < 4.78 is 1.05. The number of aliphatic hydroxyl groups excluding tert-OH is 1. The zero-order valence-corrected chi connectivity index (χ0v) is 11.1. The molecule has 1 saturated carbocycles. The third-order valence-corrected chi connectivity index (χ3v) is 3.84. The lowest BCUT2D eigenvalue weighted by Crippen LogP contribution is -2.46. The van der Waals surface area contributed by atoms with Crippen molar-refractivity contribution in [3.8, 4) is 0 Å². The molecule has 1 fully saturated rings. The normalized spacial score (nSPS) is 23.7. The minimum absolute atomic E-state index is 0.101. The summed E-state index contributed by atoms with van der Waals surface area (Å²) in [4.78, 5) is 16.0. The number of carbonyl (C=O) groups excluding carboxylic acids is 1. The molecule has 1 aliphatic rings. The van der Waals surface area contributed by atoms with E-state index >= 15 is 0 Å². The molecule has 1 aromatic rings. The first-order chi connectivity index (χ1) is 7.56. The van der Waals surface area contributed by atoms with Gasteiger partial charge in [0.2, 0.25) is 0 Å². The average Bonchev–Trinajstić information content (AvgIpc) is 2.19. The summed E-state index contributed by atoms with van der Waals surface area (Å²) in [5.41, 5.74) is 1.31. The highest BCUT2D eigenvalue weighted by Gasteiger charge is 2.28. The van der Waals surface area contributed by atoms with E-state index in [1.165, 1.54) is 0 Å². The molecular weight excluding hydrogens is 319 g/mol. The molecule has 2 N–H and O–H groups in total. The number of amides is 1. The van der Waals surface area contributed by atoms with Gasteiger partial charge in [0, 0.05) is 9.61 Å². The third-order valence-electron chi connectivity index (χ3n) is 2.70. The third kappa shape index (κ3) is 2.52. The van der Waals surface area contributed by atoms with Gasteiger partial charge < -0.3 is 10.4 Å². The molecule has 1 amide bonds. The predicted octanol–water partition coefficient (Wildman–Crippen LogP) is 1.25. The summed E-state index contributed by atoms with van der Waals surface area (Å²) in [5, 5.41) is 12.0. The topological polar surface area (TPSA) is 62.2 Å². The number of pyridine rings is 1. The van der Waals surface area contributed by atoms with Crippen LogP contribution in [-0.2, 0) is 0 Å². The molecule has 0 unspecified atom stereocenters. The van der Waals surface area contributed by atoms with Crippen LogP contribution in [0.4, 0.5) is 0 Å². The second-order valence-electron chi connectivity index (χ2n) is 4.06. The minimum Gasteiger partial charge on any atom is -0.393 e. The number of halogens is 1. The van der Waals surface area contributed by atoms with Gasteiger partial charge in [-0.25, -0.2) is 4.98 Å². The lowest BCUT2D eigenvalue weighted by Gasteiger charge is -2.31. The van der Waals surface area contributed by atoms with Gasteiger partial charge in [0.25, 0.3) is 5.91 Å². The van der Waals surface area contributed by atoms with Crippen LogP contribution in [-0.4, -0.2) is 28.1 Å². The number of nitrogens with one attached hydrogen (secondary N) is 1. The second-order valence-corrected chi connectivity index (χ2v) is 5.22. The van der Waals surface area contributed by atoms with E-state index in [0.29, 0.717) is 18.5 Å². The van der Waals surface area contributed by atoms with Crippen molar-refractivity contribution in [1.29, 1.82) is 0 Å². The Bertz CT molecular complexity index is 416. The van der Waals surface area contributed by atoms with Gasteiger partial charge in [0.05, 0.1) is 11.8 Å². The molecule has 2 rings (SSSR count). The molecule has 5 heteroatoms. The number of hydrogen-bond donors (Lipinski definition) is 2. The van der Waals surface area contributed by atoms with Gasteiger partial charge in [-0.1, -0.05) is 0 Å². The van der Waals surface area contributed by atoms with Crippen molar-refractivity contribution in [2.45, 2.75) is 31.9 Å². The maximum Gasteiger partial charge on any atom is 0.270 e. The molecule has 0 bridgehead atoms. The van der Waals surface area contributed by atoms with Crippen LogP contribution in [0.5, 0.6) is 0 Å². The van der Waals surface area contributed by atoms with Gasteiger partial charge in [-0.15, -0.1) is 0 Å². The van der Waals surface area contributed by atoms with Crippen molar-refractivity contribution in [2.24, 2.45) is 0 Å². The summed E-state index contributed by atoms with van der Waals surface area (Å²) in [6.07, 6.45) is 1.04. The number of hydrogen-bond acceptors (Lipinski definition) is 3. The van der Waals surface area contributed by atoms with E-state index in [2.05, 4.69) is 32.9 Å². The van der Waals surface area contributed by atoms with E-state index in [0.717, 1.165) is 9.26 Å². The van der Waals surface area contributed by atoms with Crippen molar-refractivity contribution in [1.82, 2.24) is 10.3 Å². The van der Waals surface area contributed by atoms with E-state index in [-0.39, 0.29) is 18.1 Å². The molecule has 0 saturated heterocycles. The monoisotopic (exact) mass is 332 g/mol. The van der Waals surface area contributed by atoms with Crippen LogP contribution >= 0.6 is 22.6 Å². The number of rotatable bonds is 2. The quantitative estimate of drug-likeness (QED) is 0.802. The molecular formula is C11H13IN2O2. The lowest BCUT2D eigenvalue weighted by molar-refractivity contribution is 0.0560. The molecule has 86 valence electrons. The Balaban J connectivity index is 2.01. The van der Waals surface area contributed by atoms with Crippen LogP contribution < -0.4 is 5.32 Å². The van der Waals surface area contributed by atoms with Gasteiger partial charge in [0.15, 0.2) is 0 Å². The molecule has 0 aromatic carbocycles. The molecule has 16 heavy (non-hydrogen) atoms. The van der Waals surface area contributed by atoms with Crippen molar-refractivity contribution in [2.75, 3.05) is 0 Å². The molecule has 4 nitrogen and oxygen atoms in total. The van der Waals surface area contributed by atoms with E-state index in [9.17, 15) is 4.79 Å². The zero-order chi connectivity index (χ0) is 11.7. The Morgan fingerprint density at radius 2 is 2.25 bits per heavy atom. The van der Waals surface area contributed by atoms with Crippen molar-refractivity contribution in [3.63, 3.8) is 0 Å². The van der Waals surface area contributed by atoms with E-state index < -0.39 is 0 Å². The van der Waals surface area contributed by atoms with Crippen LogP contribution in [0.1, 0.15) is 29.0 Å². The molecule has 1 aromatic heterocycles. The van der Waals surface area contributed by atoms with Crippen molar-refractivity contribution in [3.05, 3.63) is 27.1 Å². The van der Waals surface area contributed by atoms with Gasteiger partial charge in [-0.05, 0) is 54.5 Å². The molecule has 0 atom stereocenters. The summed E-state index contributed by atoms with van der Waals surface area (Å²) in [5.74, 6) is -0.156. The van der Waals surface area contributed by atoms with Crippen LogP contribution in [0.2, 0.25) is 0 Å². The predicted molar refractivity (Wildman–Crippen MR) is 68.2 cm³/mol. The first-order valence-electron chi connectivity index (χ1n) is 5.18. The smallest absolute Gasteiger partial charge is 0.270 e. The van der Waals surface area contributed by atoms with Gasteiger partial charge in [0.1, 0.15) is 5.69 Å². The summed E-state index contributed by atoms with van der Waals surface area (Å²) >= 11 is 2.18. The molecule has 0 aliphatic heterocycles. The van der Waals surface area contributed by atoms with Gasteiger partial charge in [-0.2, -0.15) is 0 Å². The maximum atomic E-state index is 11.8. The van der Waals surface area contributed by atoms with Crippen LogP contribution in [0.15, 0.2) is 12.1 Å². The molecule has 0 radical (unpaired) electrons. The Morgan fingerprint density at radius 1 is 1.56 bits per heavy atom.